The number of carbonyl (C=O) groups excluding carboxylic acids is 1. The summed E-state index contributed by atoms with van der Waals surface area (Å²) in [5, 5.41) is 13.8. The number of hydrogen-bond acceptors (Lipinski definition) is 7. The van der Waals surface area contributed by atoms with E-state index in [0.29, 0.717) is 0 Å². The normalized spacial score (nSPS) is 30.4. The van der Waals surface area contributed by atoms with E-state index in [4.69, 9.17) is 58.2 Å². The molecule has 2 heterocycles. The van der Waals surface area contributed by atoms with Gasteiger partial charge in [-0.15, -0.1) is 0 Å². The summed E-state index contributed by atoms with van der Waals surface area (Å²) in [5.41, 5.74) is 0.805. The van der Waals surface area contributed by atoms with Crippen molar-refractivity contribution in [1.82, 2.24) is 5.32 Å². The molecule has 34 heavy (non-hydrogen) atoms. The van der Waals surface area contributed by atoms with Gasteiger partial charge in [-0.3, -0.25) is 0 Å². The number of alkyl halides is 3. The summed E-state index contributed by atoms with van der Waals surface area (Å²) in [7, 11) is -2.36. The van der Waals surface area contributed by atoms with Crippen LogP contribution in [0, 0.1) is 0 Å². The van der Waals surface area contributed by atoms with Gasteiger partial charge in [-0.1, -0.05) is 85.9 Å². The number of alkyl carbamates (subject to hydrolysis) is 1. The highest BCUT2D eigenvalue weighted by Gasteiger charge is 2.53. The maximum Gasteiger partial charge on any atom is 0.407 e. The highest BCUT2D eigenvalue weighted by Crippen LogP contribution is 2.40. The Hall–Kier alpha value is -0.623. The Bertz CT molecular complexity index is 834. The van der Waals surface area contributed by atoms with Crippen LogP contribution in [0.4, 0.5) is 4.79 Å². The molecule has 8 nitrogen and oxygen atoms in total. The first-order valence-corrected chi connectivity index (χ1v) is 15.1. The predicted molar refractivity (Wildman–Crippen MR) is 132 cm³/mol. The fraction of sp³-hybridized carbons (Fsp3) is 0.682. The molecular formula is C22H32Cl3NO7Si. The first kappa shape index (κ1) is 28.0. The minimum Gasteiger partial charge on any atom is -0.445 e. The third-order valence-corrected chi connectivity index (χ3v) is 11.1. The molecule has 192 valence electrons. The van der Waals surface area contributed by atoms with Crippen molar-refractivity contribution >= 4 is 49.2 Å². The van der Waals surface area contributed by atoms with Crippen molar-refractivity contribution in [3.63, 3.8) is 0 Å². The van der Waals surface area contributed by atoms with E-state index in [1.54, 1.807) is 0 Å². The van der Waals surface area contributed by atoms with E-state index in [1.165, 1.54) is 0 Å². The zero-order chi connectivity index (χ0) is 25.3. The van der Waals surface area contributed by atoms with E-state index in [1.807, 2.05) is 43.4 Å². The van der Waals surface area contributed by atoms with Crippen LogP contribution in [-0.2, 0) is 23.4 Å². The van der Waals surface area contributed by atoms with Crippen LogP contribution in [0.15, 0.2) is 30.3 Å². The van der Waals surface area contributed by atoms with Gasteiger partial charge in [-0.05, 0) is 18.1 Å². The van der Waals surface area contributed by atoms with Crippen LogP contribution in [0.25, 0.3) is 0 Å². The van der Waals surface area contributed by atoms with Gasteiger partial charge >= 0.3 is 6.09 Å². The number of ether oxygens (including phenoxy) is 4. The number of rotatable bonds is 5. The Morgan fingerprint density at radius 3 is 2.41 bits per heavy atom. The summed E-state index contributed by atoms with van der Waals surface area (Å²) in [6.07, 6.45) is -5.08. The summed E-state index contributed by atoms with van der Waals surface area (Å²) < 4.78 is 27.8. The largest absolute Gasteiger partial charge is 0.445 e. The second kappa shape index (κ2) is 10.8. The van der Waals surface area contributed by atoms with Gasteiger partial charge in [0.25, 0.3) is 0 Å². The van der Waals surface area contributed by atoms with Crippen LogP contribution in [0.2, 0.25) is 18.1 Å². The Labute approximate surface area is 216 Å². The maximum atomic E-state index is 12.5. The molecule has 2 aliphatic heterocycles. The molecule has 2 N–H and O–H groups in total. The van der Waals surface area contributed by atoms with E-state index >= 15 is 0 Å². The van der Waals surface area contributed by atoms with Crippen LogP contribution in [-0.4, -0.2) is 67.2 Å². The second-order valence-corrected chi connectivity index (χ2v) is 17.2. The quantitative estimate of drug-likeness (QED) is 0.402. The van der Waals surface area contributed by atoms with Gasteiger partial charge in [0.1, 0.15) is 31.0 Å². The minimum atomic E-state index is -2.36. The maximum absolute atomic E-state index is 12.5. The highest BCUT2D eigenvalue weighted by atomic mass is 35.6. The van der Waals surface area contributed by atoms with Crippen molar-refractivity contribution in [3.05, 3.63) is 35.9 Å². The van der Waals surface area contributed by atoms with Crippen molar-refractivity contribution in [2.24, 2.45) is 0 Å². The number of carbonyl (C=O) groups is 1. The molecule has 3 unspecified atom stereocenters. The Kier molecular flexibility index (Phi) is 8.86. The lowest BCUT2D eigenvalue weighted by atomic mass is 9.96. The number of amides is 1. The van der Waals surface area contributed by atoms with Crippen molar-refractivity contribution in [2.75, 3.05) is 13.2 Å². The molecule has 6 atom stereocenters. The van der Waals surface area contributed by atoms with Gasteiger partial charge in [0.2, 0.25) is 3.79 Å². The van der Waals surface area contributed by atoms with Crippen molar-refractivity contribution in [2.45, 2.75) is 79.6 Å². The number of halogens is 3. The lowest BCUT2D eigenvalue weighted by Gasteiger charge is -2.50. The molecule has 1 amide bonds. The fourth-order valence-electron chi connectivity index (χ4n) is 3.42. The lowest BCUT2D eigenvalue weighted by molar-refractivity contribution is -0.335. The Balaban J connectivity index is 1.80. The third kappa shape index (κ3) is 6.99. The summed E-state index contributed by atoms with van der Waals surface area (Å²) in [4.78, 5) is 12.5. The van der Waals surface area contributed by atoms with Gasteiger partial charge in [0, 0.05) is 5.56 Å². The van der Waals surface area contributed by atoms with Crippen molar-refractivity contribution in [1.29, 1.82) is 0 Å². The highest BCUT2D eigenvalue weighted by molar-refractivity contribution is 6.74. The molecule has 0 aromatic heterocycles. The summed E-state index contributed by atoms with van der Waals surface area (Å²) >= 11 is 17.0. The lowest BCUT2D eigenvalue weighted by Crippen LogP contribution is -2.68. The zero-order valence-electron chi connectivity index (χ0n) is 19.8. The Morgan fingerprint density at radius 2 is 1.82 bits per heavy atom. The topological polar surface area (TPSA) is 95.5 Å². The summed E-state index contributed by atoms with van der Waals surface area (Å²) in [5.74, 6) is 0. The average molecular weight is 557 g/mol. The Morgan fingerprint density at radius 1 is 1.18 bits per heavy atom. The first-order chi connectivity index (χ1) is 15.7. The monoisotopic (exact) mass is 555 g/mol. The standard InChI is InChI=1S/C22H32Cl3NO7Si/c1-21(2,3)34(4,5)33-19-15(26-20(28)30-12-22(23,24)25)16(27)17-14(31-19)11-29-18(32-17)13-9-7-6-8-10-13/h6-10,14-19,27H,11-12H2,1-5H3,(H,26,28)/t14?,15?,16-,17-,18?,19+/m1/s1. The smallest absolute Gasteiger partial charge is 0.407 e. The van der Waals surface area contributed by atoms with Crippen LogP contribution in [0.5, 0.6) is 0 Å². The fourth-order valence-corrected chi connectivity index (χ4v) is 4.72. The number of fused-ring (bicyclic) bond motifs is 1. The van der Waals surface area contributed by atoms with Gasteiger partial charge in [-0.2, -0.15) is 0 Å². The first-order valence-electron chi connectivity index (χ1n) is 11.0. The van der Waals surface area contributed by atoms with Gasteiger partial charge in [0.15, 0.2) is 20.9 Å². The van der Waals surface area contributed by atoms with Crippen LogP contribution in [0.1, 0.15) is 32.6 Å². The molecule has 2 saturated heterocycles. The molecule has 12 heteroatoms. The average Bonchev–Trinajstić information content (AvgIpc) is 2.74. The molecule has 0 saturated carbocycles. The van der Waals surface area contributed by atoms with Crippen molar-refractivity contribution in [3.8, 4) is 0 Å². The molecule has 0 bridgehead atoms. The molecule has 2 fully saturated rings. The zero-order valence-corrected chi connectivity index (χ0v) is 23.1. The molecule has 0 radical (unpaired) electrons. The molecule has 0 spiro atoms. The number of benzene rings is 1. The molecule has 1 aromatic carbocycles. The molecule has 0 aliphatic carbocycles. The summed E-state index contributed by atoms with van der Waals surface area (Å²) in [6, 6.07) is 8.38. The molecule has 2 aliphatic rings. The van der Waals surface area contributed by atoms with Gasteiger partial charge < -0.3 is 33.8 Å². The van der Waals surface area contributed by atoms with E-state index in [0.717, 1.165) is 5.56 Å². The second-order valence-electron chi connectivity index (χ2n) is 9.95. The molecule has 1 aromatic rings. The van der Waals surface area contributed by atoms with E-state index < -0.39 is 61.7 Å². The number of aliphatic hydroxyl groups is 1. The number of nitrogens with one attached hydrogen (secondary N) is 1. The van der Waals surface area contributed by atoms with E-state index in [9.17, 15) is 9.90 Å². The van der Waals surface area contributed by atoms with Crippen LogP contribution < -0.4 is 5.32 Å². The van der Waals surface area contributed by atoms with E-state index in [-0.39, 0.29) is 11.6 Å². The molecule has 3 rings (SSSR count). The summed E-state index contributed by atoms with van der Waals surface area (Å²) in [6.45, 7) is 10.1. The molecular weight excluding hydrogens is 525 g/mol. The van der Waals surface area contributed by atoms with Gasteiger partial charge in [0.05, 0.1) is 6.61 Å². The predicted octanol–water partition coefficient (Wildman–Crippen LogP) is 4.67. The van der Waals surface area contributed by atoms with Crippen LogP contribution >= 0.6 is 34.8 Å². The number of hydrogen-bond donors (Lipinski definition) is 2. The minimum absolute atomic E-state index is 0.142. The number of aliphatic hydroxyl groups excluding tert-OH is 1. The SMILES string of the molecule is CC(C)(C)[Si](C)(C)O[C@@H]1OC2COC(c3ccccc3)O[C@H]2[C@H](O)C1NC(=O)OCC(Cl)(Cl)Cl. The van der Waals surface area contributed by atoms with E-state index in [2.05, 4.69) is 26.1 Å². The van der Waals surface area contributed by atoms with Crippen LogP contribution in [0.3, 0.4) is 0 Å². The van der Waals surface area contributed by atoms with Crippen molar-refractivity contribution < 1.29 is 33.3 Å². The third-order valence-electron chi connectivity index (χ3n) is 6.31. The van der Waals surface area contributed by atoms with Gasteiger partial charge in [-0.25, -0.2) is 4.79 Å².